The van der Waals surface area contributed by atoms with Crippen molar-refractivity contribution in [1.29, 1.82) is 0 Å². The molecule has 2 rings (SSSR count). The Morgan fingerprint density at radius 3 is 2.53 bits per heavy atom. The smallest absolute Gasteiger partial charge is 0.238 e. The van der Waals surface area contributed by atoms with E-state index in [1.54, 1.807) is 11.9 Å². The van der Waals surface area contributed by atoms with Gasteiger partial charge in [0.15, 0.2) is 0 Å². The Morgan fingerprint density at radius 2 is 2.13 bits per heavy atom. The molecule has 1 saturated carbocycles. The van der Waals surface area contributed by atoms with Crippen LogP contribution in [0.15, 0.2) is 0 Å². The monoisotopic (exact) mass is 210 g/mol. The van der Waals surface area contributed by atoms with Gasteiger partial charge in [0.05, 0.1) is 0 Å². The molecule has 0 aromatic heterocycles. The van der Waals surface area contributed by atoms with Crippen LogP contribution in [0.1, 0.15) is 39.0 Å². The number of ketones is 1. The zero-order chi connectivity index (χ0) is 11.1. The van der Waals surface area contributed by atoms with Crippen molar-refractivity contribution < 1.29 is 9.59 Å². The van der Waals surface area contributed by atoms with Gasteiger partial charge < -0.3 is 0 Å². The van der Waals surface area contributed by atoms with Crippen LogP contribution in [0, 0.1) is 0 Å². The van der Waals surface area contributed by atoms with E-state index in [4.69, 9.17) is 0 Å². The average molecular weight is 210 g/mol. The Kier molecular flexibility index (Phi) is 2.54. The number of nitrogens with zero attached hydrogens (tertiary/aromatic N) is 2. The Bertz CT molecular complexity index is 297. The summed E-state index contributed by atoms with van der Waals surface area (Å²) in [4.78, 5) is 22.7. The minimum absolute atomic E-state index is 0.105. The fraction of sp³-hybridized carbons (Fsp3) is 0.818. The second-order valence-electron chi connectivity index (χ2n) is 4.75. The van der Waals surface area contributed by atoms with Crippen LogP contribution in [0.3, 0.4) is 0 Å². The zero-order valence-electron chi connectivity index (χ0n) is 9.45. The minimum atomic E-state index is 0.105. The van der Waals surface area contributed by atoms with Crippen molar-refractivity contribution in [2.45, 2.75) is 44.6 Å². The van der Waals surface area contributed by atoms with Gasteiger partial charge in [-0.2, -0.15) is 0 Å². The zero-order valence-corrected chi connectivity index (χ0v) is 9.45. The average Bonchev–Trinajstić information content (AvgIpc) is 2.35. The first-order valence-corrected chi connectivity index (χ1v) is 5.59. The fourth-order valence-electron chi connectivity index (χ4n) is 2.53. The second-order valence-corrected chi connectivity index (χ2v) is 4.75. The minimum Gasteiger partial charge on any atom is -0.300 e. The highest BCUT2D eigenvalue weighted by atomic mass is 16.2. The van der Waals surface area contributed by atoms with Crippen molar-refractivity contribution in [3.8, 4) is 0 Å². The number of hydrazine groups is 1. The fourth-order valence-corrected chi connectivity index (χ4v) is 2.53. The number of hydrogen-bond donors (Lipinski definition) is 0. The molecular weight excluding hydrogens is 192 g/mol. The van der Waals surface area contributed by atoms with Crippen molar-refractivity contribution in [2.75, 3.05) is 13.6 Å². The molecule has 4 heteroatoms. The first-order valence-electron chi connectivity index (χ1n) is 5.59. The van der Waals surface area contributed by atoms with Gasteiger partial charge in [-0.25, -0.2) is 5.01 Å². The molecule has 2 fully saturated rings. The molecule has 0 N–H and O–H groups in total. The summed E-state index contributed by atoms with van der Waals surface area (Å²) in [5.74, 6) is 0.323. The lowest BCUT2D eigenvalue weighted by Crippen LogP contribution is -2.52. The summed E-state index contributed by atoms with van der Waals surface area (Å²) in [5, 5.41) is 3.82. The van der Waals surface area contributed by atoms with Gasteiger partial charge >= 0.3 is 0 Å². The molecule has 0 atom stereocenters. The lowest BCUT2D eigenvalue weighted by atomic mass is 9.75. The molecule has 0 aromatic carbocycles. The van der Waals surface area contributed by atoms with Crippen LogP contribution in [-0.4, -0.2) is 40.8 Å². The van der Waals surface area contributed by atoms with Crippen molar-refractivity contribution in [3.63, 3.8) is 0 Å². The van der Waals surface area contributed by atoms with Crippen LogP contribution in [0.2, 0.25) is 0 Å². The molecule has 2 aliphatic rings. The molecule has 1 spiro atoms. The molecule has 1 aliphatic carbocycles. The van der Waals surface area contributed by atoms with Crippen LogP contribution in [-0.2, 0) is 9.59 Å². The highest BCUT2D eigenvalue weighted by Gasteiger charge is 2.51. The number of rotatable bonds is 3. The SMILES string of the molecule is CC(=O)CCN1C(=O)CC2(CCC2)N1C. The van der Waals surface area contributed by atoms with Gasteiger partial charge in [-0.1, -0.05) is 0 Å². The van der Waals surface area contributed by atoms with Crippen molar-refractivity contribution in [2.24, 2.45) is 0 Å². The van der Waals surface area contributed by atoms with E-state index in [2.05, 4.69) is 5.01 Å². The molecule has 1 aliphatic heterocycles. The van der Waals surface area contributed by atoms with E-state index in [9.17, 15) is 9.59 Å². The lowest BCUT2D eigenvalue weighted by molar-refractivity contribution is -0.141. The van der Waals surface area contributed by atoms with E-state index in [0.29, 0.717) is 19.4 Å². The van der Waals surface area contributed by atoms with Crippen LogP contribution >= 0.6 is 0 Å². The van der Waals surface area contributed by atoms with Crippen molar-refractivity contribution in [3.05, 3.63) is 0 Å². The number of carbonyl (C=O) groups excluding carboxylic acids is 2. The predicted octanol–water partition coefficient (Wildman–Crippen LogP) is 0.967. The Labute approximate surface area is 90.2 Å². The largest absolute Gasteiger partial charge is 0.300 e. The van der Waals surface area contributed by atoms with E-state index in [-0.39, 0.29) is 17.2 Å². The maximum atomic E-state index is 11.8. The normalized spacial score (nSPS) is 24.7. The van der Waals surface area contributed by atoms with E-state index in [0.717, 1.165) is 12.8 Å². The summed E-state index contributed by atoms with van der Waals surface area (Å²) < 4.78 is 0. The molecular formula is C11H18N2O2. The summed E-state index contributed by atoms with van der Waals surface area (Å²) >= 11 is 0. The number of amides is 1. The highest BCUT2D eigenvalue weighted by molar-refractivity contribution is 5.81. The Hall–Kier alpha value is -0.900. The van der Waals surface area contributed by atoms with Gasteiger partial charge in [0.1, 0.15) is 5.78 Å². The van der Waals surface area contributed by atoms with E-state index < -0.39 is 0 Å². The van der Waals surface area contributed by atoms with Gasteiger partial charge in [-0.15, -0.1) is 0 Å². The van der Waals surface area contributed by atoms with Gasteiger partial charge in [0.25, 0.3) is 0 Å². The third-order valence-electron chi connectivity index (χ3n) is 3.78. The van der Waals surface area contributed by atoms with Crippen LogP contribution < -0.4 is 0 Å². The van der Waals surface area contributed by atoms with Crippen LogP contribution in [0.4, 0.5) is 0 Å². The second kappa shape index (κ2) is 3.59. The molecule has 1 saturated heterocycles. The third kappa shape index (κ3) is 1.67. The summed E-state index contributed by atoms with van der Waals surface area (Å²) in [7, 11) is 1.98. The molecule has 0 unspecified atom stereocenters. The highest BCUT2D eigenvalue weighted by Crippen LogP contribution is 2.44. The first-order chi connectivity index (χ1) is 7.05. The molecule has 84 valence electrons. The van der Waals surface area contributed by atoms with Gasteiger partial charge in [-0.3, -0.25) is 14.6 Å². The number of Topliss-reactive ketones (excluding diaryl/α,β-unsaturated/α-hetero) is 1. The summed E-state index contributed by atoms with van der Waals surface area (Å²) in [6, 6.07) is 0. The maximum Gasteiger partial charge on any atom is 0.238 e. The summed E-state index contributed by atoms with van der Waals surface area (Å²) in [6.45, 7) is 2.12. The first kappa shape index (κ1) is 10.6. The van der Waals surface area contributed by atoms with Crippen molar-refractivity contribution in [1.82, 2.24) is 10.0 Å². The standard InChI is InChI=1S/C11H18N2O2/c1-9(14)4-7-13-10(15)8-11(12(13)2)5-3-6-11/h3-8H2,1-2H3. The van der Waals surface area contributed by atoms with E-state index in [1.165, 1.54) is 6.42 Å². The van der Waals surface area contributed by atoms with Gasteiger partial charge in [0.2, 0.25) is 5.91 Å². The summed E-state index contributed by atoms with van der Waals surface area (Å²) in [5.41, 5.74) is 0.105. The maximum absolute atomic E-state index is 11.8. The Morgan fingerprint density at radius 1 is 1.47 bits per heavy atom. The number of carbonyl (C=O) groups is 2. The predicted molar refractivity (Wildman–Crippen MR) is 56.0 cm³/mol. The molecule has 1 amide bonds. The number of hydrogen-bond acceptors (Lipinski definition) is 3. The molecule has 4 nitrogen and oxygen atoms in total. The van der Waals surface area contributed by atoms with Crippen molar-refractivity contribution >= 4 is 11.7 Å². The van der Waals surface area contributed by atoms with Crippen LogP contribution in [0.5, 0.6) is 0 Å². The Balaban J connectivity index is 2.00. The lowest BCUT2D eigenvalue weighted by Gasteiger charge is -2.44. The van der Waals surface area contributed by atoms with Gasteiger partial charge in [0, 0.05) is 32.0 Å². The summed E-state index contributed by atoms with van der Waals surface area (Å²) in [6.07, 6.45) is 4.56. The van der Waals surface area contributed by atoms with E-state index >= 15 is 0 Å². The molecule has 15 heavy (non-hydrogen) atoms. The molecule has 0 bridgehead atoms. The van der Waals surface area contributed by atoms with E-state index in [1.807, 2.05) is 7.05 Å². The van der Waals surface area contributed by atoms with Crippen LogP contribution in [0.25, 0.3) is 0 Å². The molecule has 1 heterocycles. The van der Waals surface area contributed by atoms with Gasteiger partial charge in [-0.05, 0) is 26.2 Å². The molecule has 0 aromatic rings. The quantitative estimate of drug-likeness (QED) is 0.697. The molecule has 0 radical (unpaired) electrons. The third-order valence-corrected chi connectivity index (χ3v) is 3.78. The topological polar surface area (TPSA) is 40.6 Å².